The third-order valence-electron chi connectivity index (χ3n) is 3.16. The molecule has 2 heteroatoms. The first kappa shape index (κ1) is 12.5. The fraction of sp³-hybridized carbons (Fsp3) is 0. The summed E-state index contributed by atoms with van der Waals surface area (Å²) >= 11 is 0. The average molecular weight is 265 g/mol. The van der Waals surface area contributed by atoms with Crippen molar-refractivity contribution >= 4 is 0 Å². The molecule has 3 rings (SSSR count). The van der Waals surface area contributed by atoms with Crippen molar-refractivity contribution < 1.29 is 8.78 Å². The second-order valence-electron chi connectivity index (χ2n) is 4.42. The van der Waals surface area contributed by atoms with Gasteiger partial charge in [-0.3, -0.25) is 0 Å². The lowest BCUT2D eigenvalue weighted by Gasteiger charge is -2.11. The van der Waals surface area contributed by atoms with Crippen molar-refractivity contribution in [1.29, 1.82) is 0 Å². The van der Waals surface area contributed by atoms with E-state index in [-0.39, 0.29) is 11.6 Å². The topological polar surface area (TPSA) is 0 Å². The molecule has 0 atom stereocenters. The van der Waals surface area contributed by atoms with Gasteiger partial charge in [0.05, 0.1) is 0 Å². The van der Waals surface area contributed by atoms with E-state index in [0.717, 1.165) is 0 Å². The zero-order valence-electron chi connectivity index (χ0n) is 10.6. The van der Waals surface area contributed by atoms with Crippen LogP contribution in [-0.2, 0) is 0 Å². The Morgan fingerprint density at radius 1 is 0.600 bits per heavy atom. The molecule has 0 spiro atoms. The summed E-state index contributed by atoms with van der Waals surface area (Å²) in [6, 6.07) is 21.2. The van der Waals surface area contributed by atoms with Gasteiger partial charge in [0, 0.05) is 16.7 Å². The van der Waals surface area contributed by atoms with E-state index in [9.17, 15) is 8.78 Å². The van der Waals surface area contributed by atoms with E-state index in [1.54, 1.807) is 54.6 Å². The maximum Gasteiger partial charge on any atom is 0.131 e. The van der Waals surface area contributed by atoms with Gasteiger partial charge in [0.15, 0.2) is 0 Å². The second kappa shape index (κ2) is 5.25. The molecular weight excluding hydrogens is 254 g/mol. The van der Waals surface area contributed by atoms with Crippen LogP contribution in [0.1, 0.15) is 0 Å². The van der Waals surface area contributed by atoms with Crippen molar-refractivity contribution in [2.45, 2.75) is 0 Å². The summed E-state index contributed by atoms with van der Waals surface area (Å²) in [5, 5.41) is 0. The molecule has 0 aliphatic rings. The summed E-state index contributed by atoms with van der Waals surface area (Å²) in [6.07, 6.45) is 0. The van der Waals surface area contributed by atoms with Crippen LogP contribution in [0.5, 0.6) is 0 Å². The number of hydrogen-bond acceptors (Lipinski definition) is 0. The molecule has 0 aliphatic heterocycles. The van der Waals surface area contributed by atoms with Crippen LogP contribution in [0, 0.1) is 17.7 Å². The third-order valence-corrected chi connectivity index (χ3v) is 3.16. The van der Waals surface area contributed by atoms with Crippen LogP contribution in [0.25, 0.3) is 22.3 Å². The molecule has 1 radical (unpaired) electrons. The van der Waals surface area contributed by atoms with Crippen molar-refractivity contribution in [3.8, 4) is 22.3 Å². The van der Waals surface area contributed by atoms with Gasteiger partial charge < -0.3 is 0 Å². The lowest BCUT2D eigenvalue weighted by molar-refractivity contribution is 0.629. The van der Waals surface area contributed by atoms with Crippen LogP contribution < -0.4 is 0 Å². The highest BCUT2D eigenvalue weighted by atomic mass is 19.1. The minimum atomic E-state index is -0.340. The molecule has 0 aromatic heterocycles. The van der Waals surface area contributed by atoms with Gasteiger partial charge >= 0.3 is 0 Å². The Labute approximate surface area is 116 Å². The Hall–Kier alpha value is -2.48. The molecule has 3 aromatic rings. The molecule has 0 fully saturated rings. The molecule has 0 unspecified atom stereocenters. The summed E-state index contributed by atoms with van der Waals surface area (Å²) in [4.78, 5) is 0. The highest BCUT2D eigenvalue weighted by Gasteiger charge is 2.12. The molecule has 0 nitrogen and oxygen atoms in total. The van der Waals surface area contributed by atoms with Gasteiger partial charge in [-0.2, -0.15) is 0 Å². The van der Waals surface area contributed by atoms with E-state index in [1.165, 1.54) is 12.1 Å². The van der Waals surface area contributed by atoms with Gasteiger partial charge in [-0.1, -0.05) is 54.6 Å². The number of rotatable bonds is 2. The predicted octanol–water partition coefficient (Wildman–Crippen LogP) is 5.10. The summed E-state index contributed by atoms with van der Waals surface area (Å²) < 4.78 is 27.9. The fourth-order valence-corrected chi connectivity index (χ4v) is 2.23. The van der Waals surface area contributed by atoms with Crippen molar-refractivity contribution in [2.24, 2.45) is 0 Å². The summed E-state index contributed by atoms with van der Waals surface area (Å²) in [6.45, 7) is 0. The zero-order chi connectivity index (χ0) is 13.9. The fourth-order valence-electron chi connectivity index (χ4n) is 2.23. The Bertz CT molecular complexity index is 683. The van der Waals surface area contributed by atoms with E-state index in [4.69, 9.17) is 0 Å². The highest BCUT2D eigenvalue weighted by Crippen LogP contribution is 2.34. The van der Waals surface area contributed by atoms with Crippen LogP contribution in [0.15, 0.2) is 66.7 Å². The average Bonchev–Trinajstić information content (AvgIpc) is 2.48. The summed E-state index contributed by atoms with van der Waals surface area (Å²) in [5.74, 6) is -0.669. The van der Waals surface area contributed by atoms with Crippen LogP contribution in [0.2, 0.25) is 0 Å². The lowest BCUT2D eigenvalue weighted by Crippen LogP contribution is -1.90. The molecular formula is C18H11F2. The van der Waals surface area contributed by atoms with Gasteiger partial charge in [-0.25, -0.2) is 8.78 Å². The normalized spacial score (nSPS) is 10.5. The number of hydrogen-bond donors (Lipinski definition) is 0. The van der Waals surface area contributed by atoms with Crippen molar-refractivity contribution in [1.82, 2.24) is 0 Å². The molecule has 0 bridgehead atoms. The van der Waals surface area contributed by atoms with Gasteiger partial charge in [0.2, 0.25) is 0 Å². The molecule has 0 saturated carbocycles. The Morgan fingerprint density at radius 2 is 1.15 bits per heavy atom. The van der Waals surface area contributed by atoms with Gasteiger partial charge in [-0.05, 0) is 23.8 Å². The van der Waals surface area contributed by atoms with Crippen molar-refractivity contribution in [2.75, 3.05) is 0 Å². The molecule has 97 valence electrons. The molecule has 0 amide bonds. The van der Waals surface area contributed by atoms with Crippen LogP contribution in [0.3, 0.4) is 0 Å². The first-order valence-corrected chi connectivity index (χ1v) is 6.28. The van der Waals surface area contributed by atoms with Crippen molar-refractivity contribution in [3.05, 3.63) is 84.4 Å². The quantitative estimate of drug-likeness (QED) is 0.604. The van der Waals surface area contributed by atoms with E-state index < -0.39 is 0 Å². The first-order valence-electron chi connectivity index (χ1n) is 6.28. The Morgan fingerprint density at radius 3 is 1.80 bits per heavy atom. The summed E-state index contributed by atoms with van der Waals surface area (Å²) in [7, 11) is 0. The van der Waals surface area contributed by atoms with Crippen LogP contribution in [-0.4, -0.2) is 0 Å². The monoisotopic (exact) mass is 265 g/mol. The third kappa shape index (κ3) is 2.21. The SMILES string of the molecule is Fc1ccccc1-c1[c]cccc1-c1ccccc1F. The largest absolute Gasteiger partial charge is 0.206 e. The van der Waals surface area contributed by atoms with Crippen molar-refractivity contribution in [3.63, 3.8) is 0 Å². The smallest absolute Gasteiger partial charge is 0.131 e. The molecule has 0 saturated heterocycles. The van der Waals surface area contributed by atoms with E-state index >= 15 is 0 Å². The van der Waals surface area contributed by atoms with E-state index in [1.807, 2.05) is 0 Å². The minimum absolute atomic E-state index is 0.329. The highest BCUT2D eigenvalue weighted by molar-refractivity contribution is 5.83. The van der Waals surface area contributed by atoms with Crippen LogP contribution in [0.4, 0.5) is 8.78 Å². The second-order valence-corrected chi connectivity index (χ2v) is 4.42. The lowest BCUT2D eigenvalue weighted by atomic mass is 9.94. The standard InChI is InChI=1S/C18H11F2/c19-17-11-5-3-9-15(17)13-7-1-2-8-14(13)16-10-4-6-12-18(16)20/h1-7,9-12H. The molecule has 20 heavy (non-hydrogen) atoms. The Balaban J connectivity index is 2.25. The van der Waals surface area contributed by atoms with Gasteiger partial charge in [-0.15, -0.1) is 0 Å². The molecule has 3 aromatic carbocycles. The van der Waals surface area contributed by atoms with E-state index in [2.05, 4.69) is 6.07 Å². The zero-order valence-corrected chi connectivity index (χ0v) is 10.6. The molecule has 0 aliphatic carbocycles. The van der Waals surface area contributed by atoms with Gasteiger partial charge in [0.25, 0.3) is 0 Å². The maximum atomic E-state index is 14.0. The molecule has 0 N–H and O–H groups in total. The predicted molar refractivity (Wildman–Crippen MR) is 76.1 cm³/mol. The first-order chi connectivity index (χ1) is 9.77. The summed E-state index contributed by atoms with van der Waals surface area (Å²) in [5.41, 5.74) is 2.07. The van der Waals surface area contributed by atoms with E-state index in [0.29, 0.717) is 22.3 Å². The van der Waals surface area contributed by atoms with Crippen LogP contribution >= 0.6 is 0 Å². The Kier molecular flexibility index (Phi) is 3.30. The minimum Gasteiger partial charge on any atom is -0.206 e. The number of halogens is 2. The van der Waals surface area contributed by atoms with Gasteiger partial charge in [0.1, 0.15) is 11.6 Å². The maximum absolute atomic E-state index is 14.0. The number of benzene rings is 3. The molecule has 0 heterocycles.